The third-order valence-electron chi connectivity index (χ3n) is 4.44. The topological polar surface area (TPSA) is 50.8 Å². The number of hydrogen-bond donors (Lipinski definition) is 1. The summed E-state index contributed by atoms with van der Waals surface area (Å²) in [6.07, 6.45) is 0.886. The lowest BCUT2D eigenvalue weighted by molar-refractivity contribution is -0.114. The average molecular weight is 425 g/mol. The summed E-state index contributed by atoms with van der Waals surface area (Å²) >= 11 is 12.1. The van der Waals surface area contributed by atoms with Gasteiger partial charge in [-0.3, -0.25) is 4.79 Å². The SMILES string of the molecule is CCCN1C(=S)NC(c2cc(Cl)c(OC(C)C)c(OCC)c2)C(C(C)=O)=C1C. The van der Waals surface area contributed by atoms with E-state index in [0.29, 0.717) is 33.8 Å². The van der Waals surface area contributed by atoms with Crippen LogP contribution in [0.2, 0.25) is 5.02 Å². The van der Waals surface area contributed by atoms with Crippen molar-refractivity contribution in [1.82, 2.24) is 10.2 Å². The van der Waals surface area contributed by atoms with E-state index in [4.69, 9.17) is 33.3 Å². The summed E-state index contributed by atoms with van der Waals surface area (Å²) in [6, 6.07) is 3.30. The molecule has 1 aromatic carbocycles. The zero-order chi connectivity index (χ0) is 21.0. The summed E-state index contributed by atoms with van der Waals surface area (Å²) in [6.45, 7) is 12.6. The third-order valence-corrected chi connectivity index (χ3v) is 5.06. The predicted octanol–water partition coefficient (Wildman–Crippen LogP) is 5.03. The minimum atomic E-state index is -0.386. The largest absolute Gasteiger partial charge is 0.490 e. The van der Waals surface area contributed by atoms with Crippen molar-refractivity contribution < 1.29 is 14.3 Å². The van der Waals surface area contributed by atoms with Crippen molar-refractivity contribution >= 4 is 34.7 Å². The van der Waals surface area contributed by atoms with E-state index < -0.39 is 0 Å². The fraction of sp³-hybridized carbons (Fsp3) is 0.524. The number of allylic oxidation sites excluding steroid dienone is 1. The van der Waals surface area contributed by atoms with Gasteiger partial charge in [0.05, 0.1) is 23.8 Å². The van der Waals surface area contributed by atoms with Crippen LogP contribution in [-0.2, 0) is 4.79 Å². The van der Waals surface area contributed by atoms with Gasteiger partial charge in [-0.15, -0.1) is 0 Å². The number of nitrogens with zero attached hydrogens (tertiary/aromatic N) is 1. The molecule has 1 atom stereocenters. The first-order valence-electron chi connectivity index (χ1n) is 9.63. The van der Waals surface area contributed by atoms with Crippen molar-refractivity contribution in [2.75, 3.05) is 13.2 Å². The lowest BCUT2D eigenvalue weighted by atomic mass is 9.92. The summed E-state index contributed by atoms with van der Waals surface area (Å²) in [5.41, 5.74) is 2.37. The first-order chi connectivity index (χ1) is 13.2. The molecule has 2 rings (SSSR count). The lowest BCUT2D eigenvalue weighted by Gasteiger charge is -2.38. The van der Waals surface area contributed by atoms with E-state index in [1.54, 1.807) is 6.92 Å². The Labute approximate surface area is 178 Å². The molecule has 0 aliphatic carbocycles. The summed E-state index contributed by atoms with van der Waals surface area (Å²) in [4.78, 5) is 14.5. The maximum atomic E-state index is 12.5. The molecular formula is C21H29ClN2O3S. The number of carbonyl (C=O) groups is 1. The van der Waals surface area contributed by atoms with Crippen molar-refractivity contribution in [2.24, 2.45) is 0 Å². The summed E-state index contributed by atoms with van der Waals surface area (Å²) in [7, 11) is 0. The number of ketones is 1. The summed E-state index contributed by atoms with van der Waals surface area (Å²) < 4.78 is 11.6. The van der Waals surface area contributed by atoms with E-state index in [2.05, 4.69) is 12.2 Å². The minimum absolute atomic E-state index is 0.00445. The Bertz CT molecular complexity index is 792. The van der Waals surface area contributed by atoms with Crippen molar-refractivity contribution in [2.45, 2.75) is 60.1 Å². The number of ether oxygens (including phenoxy) is 2. The molecule has 1 aliphatic heterocycles. The zero-order valence-corrected chi connectivity index (χ0v) is 19.0. The Morgan fingerprint density at radius 1 is 1.36 bits per heavy atom. The Balaban J connectivity index is 2.58. The van der Waals surface area contributed by atoms with Gasteiger partial charge < -0.3 is 19.7 Å². The predicted molar refractivity (Wildman–Crippen MR) is 117 cm³/mol. The van der Waals surface area contributed by atoms with E-state index in [9.17, 15) is 4.79 Å². The maximum absolute atomic E-state index is 12.5. The van der Waals surface area contributed by atoms with Crippen molar-refractivity contribution in [1.29, 1.82) is 0 Å². The standard InChI is InChI=1S/C21H29ClN2O3S/c1-7-9-24-13(5)18(14(6)25)19(23-21(24)28)15-10-16(22)20(27-12(3)4)17(11-15)26-8-2/h10-12,19H,7-9H2,1-6H3,(H,23,28). The van der Waals surface area contributed by atoms with Gasteiger partial charge in [0.1, 0.15) is 0 Å². The van der Waals surface area contributed by atoms with Gasteiger partial charge in [0.25, 0.3) is 0 Å². The van der Waals surface area contributed by atoms with Crippen LogP contribution in [0.1, 0.15) is 59.6 Å². The second-order valence-electron chi connectivity index (χ2n) is 7.02. The van der Waals surface area contributed by atoms with Crippen LogP contribution >= 0.6 is 23.8 Å². The molecule has 1 N–H and O–H groups in total. The van der Waals surface area contributed by atoms with Gasteiger partial charge >= 0.3 is 0 Å². The molecule has 1 unspecified atom stereocenters. The van der Waals surface area contributed by atoms with Gasteiger partial charge in [0.2, 0.25) is 0 Å². The maximum Gasteiger partial charge on any atom is 0.180 e. The van der Waals surface area contributed by atoms with E-state index >= 15 is 0 Å². The minimum Gasteiger partial charge on any atom is -0.490 e. The highest BCUT2D eigenvalue weighted by Crippen LogP contribution is 2.41. The fourth-order valence-electron chi connectivity index (χ4n) is 3.35. The molecule has 1 aromatic rings. The molecule has 0 spiro atoms. The molecule has 0 aromatic heterocycles. The molecular weight excluding hydrogens is 396 g/mol. The number of halogens is 1. The van der Waals surface area contributed by atoms with Crippen LogP contribution in [0.3, 0.4) is 0 Å². The van der Waals surface area contributed by atoms with Gasteiger partial charge in [-0.05, 0) is 71.0 Å². The van der Waals surface area contributed by atoms with Crippen molar-refractivity contribution in [3.8, 4) is 11.5 Å². The van der Waals surface area contributed by atoms with Crippen molar-refractivity contribution in [3.63, 3.8) is 0 Å². The third kappa shape index (κ3) is 4.78. The van der Waals surface area contributed by atoms with Crippen LogP contribution in [0.5, 0.6) is 11.5 Å². The number of rotatable bonds is 8. The molecule has 1 aliphatic rings. The molecule has 0 saturated carbocycles. The van der Waals surface area contributed by atoms with Crippen LogP contribution in [0, 0.1) is 0 Å². The second kappa shape index (κ2) is 9.61. The number of thiocarbonyl (C=S) groups is 1. The first kappa shape index (κ1) is 22.5. The smallest absolute Gasteiger partial charge is 0.180 e. The van der Waals surface area contributed by atoms with Crippen molar-refractivity contribution in [3.05, 3.63) is 34.0 Å². The molecule has 154 valence electrons. The molecule has 0 radical (unpaired) electrons. The van der Waals surface area contributed by atoms with Crippen LogP contribution in [0.15, 0.2) is 23.4 Å². The number of Topliss-reactive ketones (excluding diaryl/α,β-unsaturated/α-hetero) is 1. The highest BCUT2D eigenvalue weighted by Gasteiger charge is 2.33. The molecule has 0 fully saturated rings. The number of benzene rings is 1. The Hall–Kier alpha value is -1.79. The fourth-order valence-corrected chi connectivity index (χ4v) is 3.96. The van der Waals surface area contributed by atoms with Gasteiger partial charge in [0.15, 0.2) is 22.4 Å². The summed E-state index contributed by atoms with van der Waals surface area (Å²) in [5.74, 6) is 1.07. The first-order valence-corrected chi connectivity index (χ1v) is 10.4. The monoisotopic (exact) mass is 424 g/mol. The second-order valence-corrected chi connectivity index (χ2v) is 7.81. The molecule has 0 bridgehead atoms. The van der Waals surface area contributed by atoms with Gasteiger partial charge in [-0.25, -0.2) is 0 Å². The Morgan fingerprint density at radius 2 is 2.04 bits per heavy atom. The molecule has 5 nitrogen and oxygen atoms in total. The Kier molecular flexibility index (Phi) is 7.72. The molecule has 1 heterocycles. The highest BCUT2D eigenvalue weighted by molar-refractivity contribution is 7.80. The van der Waals surface area contributed by atoms with E-state index in [0.717, 1.165) is 24.2 Å². The number of carbonyl (C=O) groups excluding carboxylic acids is 1. The molecule has 0 amide bonds. The lowest BCUT2D eigenvalue weighted by Crippen LogP contribution is -2.47. The van der Waals surface area contributed by atoms with E-state index in [1.165, 1.54) is 0 Å². The normalized spacial score (nSPS) is 17.1. The molecule has 7 heteroatoms. The average Bonchev–Trinajstić information content (AvgIpc) is 2.60. The number of hydrogen-bond acceptors (Lipinski definition) is 4. The van der Waals surface area contributed by atoms with E-state index in [-0.39, 0.29) is 17.9 Å². The molecule has 28 heavy (non-hydrogen) atoms. The van der Waals surface area contributed by atoms with Crippen LogP contribution < -0.4 is 14.8 Å². The summed E-state index contributed by atoms with van der Waals surface area (Å²) in [5, 5.41) is 4.36. The highest BCUT2D eigenvalue weighted by atomic mass is 35.5. The van der Waals surface area contributed by atoms with Crippen LogP contribution in [0.25, 0.3) is 0 Å². The number of nitrogens with one attached hydrogen (secondary N) is 1. The molecule has 0 saturated heterocycles. The van der Waals surface area contributed by atoms with Gasteiger partial charge in [0, 0.05) is 17.8 Å². The van der Waals surface area contributed by atoms with Crippen LogP contribution in [0.4, 0.5) is 0 Å². The van der Waals surface area contributed by atoms with E-state index in [1.807, 2.05) is 44.7 Å². The van der Waals surface area contributed by atoms with Gasteiger partial charge in [-0.1, -0.05) is 18.5 Å². The Morgan fingerprint density at radius 3 is 2.57 bits per heavy atom. The van der Waals surface area contributed by atoms with Gasteiger partial charge in [-0.2, -0.15) is 0 Å². The quantitative estimate of drug-likeness (QED) is 0.590. The zero-order valence-electron chi connectivity index (χ0n) is 17.4. The van der Waals surface area contributed by atoms with Crippen LogP contribution in [-0.4, -0.2) is 35.1 Å².